The summed E-state index contributed by atoms with van der Waals surface area (Å²) in [5.74, 6) is 0.841. The Hall–Kier alpha value is -3.28. The number of imide groups is 1. The summed E-state index contributed by atoms with van der Waals surface area (Å²) in [5, 5.41) is 0. The maximum Gasteiger partial charge on any atom is 0.282 e. The quantitative estimate of drug-likeness (QED) is 0.705. The molecule has 0 spiro atoms. The molecule has 0 unspecified atom stereocenters. The van der Waals surface area contributed by atoms with Gasteiger partial charge in [-0.2, -0.15) is 0 Å². The molecule has 2 aromatic carbocycles. The number of carbonyl (C=O) groups excluding carboxylic acids is 2. The second-order valence-electron chi connectivity index (χ2n) is 7.02. The van der Waals surface area contributed by atoms with Crippen LogP contribution >= 0.6 is 0 Å². The summed E-state index contributed by atoms with van der Waals surface area (Å²) in [5.41, 5.74) is 2.21. The van der Waals surface area contributed by atoms with Gasteiger partial charge in [0.1, 0.15) is 17.2 Å². The van der Waals surface area contributed by atoms with E-state index in [1.807, 2.05) is 24.0 Å². The highest BCUT2D eigenvalue weighted by molar-refractivity contribution is 6.45. The minimum Gasteiger partial charge on any atom is -0.497 e. The molecule has 0 N–H and O–H groups in total. The van der Waals surface area contributed by atoms with Gasteiger partial charge in [0.2, 0.25) is 0 Å². The van der Waals surface area contributed by atoms with Crippen LogP contribution in [0.3, 0.4) is 0 Å². The van der Waals surface area contributed by atoms with Crippen LogP contribution in [-0.4, -0.2) is 43.5 Å². The number of carbonyl (C=O) groups is 2. The molecule has 1 fully saturated rings. The van der Waals surface area contributed by atoms with Gasteiger partial charge < -0.3 is 14.4 Å². The molecule has 0 saturated carbocycles. The van der Waals surface area contributed by atoms with E-state index in [0.29, 0.717) is 35.1 Å². The molecule has 0 aliphatic carbocycles. The molecule has 2 aliphatic heterocycles. The number of hydrogen-bond donors (Lipinski definition) is 0. The Bertz CT molecular complexity index is 942. The normalized spacial score (nSPS) is 16.8. The van der Waals surface area contributed by atoms with Crippen LogP contribution in [0, 0.1) is 0 Å². The van der Waals surface area contributed by atoms with E-state index in [-0.39, 0.29) is 11.8 Å². The molecule has 0 bridgehead atoms. The molecule has 2 aromatic rings. The predicted octanol–water partition coefficient (Wildman–Crippen LogP) is 3.47. The van der Waals surface area contributed by atoms with Crippen molar-refractivity contribution in [3.05, 3.63) is 59.8 Å². The molecule has 2 amide bonds. The first kappa shape index (κ1) is 19.1. The standard InChI is InChI=1S/C23H24N2O4/c1-3-29-19-12-8-17(9-13-19)25-22(26)20(16-6-10-18(28-2)11-7-16)21(23(25)27)24-14-4-5-15-24/h6-13H,3-5,14-15H2,1-2H3. The van der Waals surface area contributed by atoms with Crippen molar-refractivity contribution in [2.75, 3.05) is 31.7 Å². The molecule has 150 valence electrons. The maximum atomic E-state index is 13.4. The van der Waals surface area contributed by atoms with Gasteiger partial charge in [0, 0.05) is 13.1 Å². The van der Waals surface area contributed by atoms with E-state index in [1.54, 1.807) is 43.5 Å². The van der Waals surface area contributed by atoms with Crippen molar-refractivity contribution < 1.29 is 19.1 Å². The molecular weight excluding hydrogens is 368 g/mol. The highest BCUT2D eigenvalue weighted by Crippen LogP contribution is 2.36. The average molecular weight is 392 g/mol. The van der Waals surface area contributed by atoms with Crippen LogP contribution in [0.25, 0.3) is 5.57 Å². The molecule has 1 saturated heterocycles. The monoisotopic (exact) mass is 392 g/mol. The van der Waals surface area contributed by atoms with Gasteiger partial charge in [-0.05, 0) is 61.7 Å². The van der Waals surface area contributed by atoms with E-state index in [0.717, 1.165) is 31.5 Å². The SMILES string of the molecule is CCOc1ccc(N2C(=O)C(c3ccc(OC)cc3)=C(N3CCCC3)C2=O)cc1. The minimum atomic E-state index is -0.300. The van der Waals surface area contributed by atoms with Crippen LogP contribution in [0.2, 0.25) is 0 Å². The number of rotatable bonds is 6. The van der Waals surface area contributed by atoms with Gasteiger partial charge in [-0.25, -0.2) is 4.90 Å². The first-order chi connectivity index (χ1) is 14.1. The third kappa shape index (κ3) is 3.46. The fourth-order valence-electron chi connectivity index (χ4n) is 3.86. The van der Waals surface area contributed by atoms with Crippen LogP contribution in [0.5, 0.6) is 11.5 Å². The molecule has 0 aromatic heterocycles. The van der Waals surface area contributed by atoms with Crippen molar-refractivity contribution in [1.82, 2.24) is 4.90 Å². The molecule has 6 nitrogen and oxygen atoms in total. The average Bonchev–Trinajstić information content (AvgIpc) is 3.35. The molecule has 0 atom stereocenters. The summed E-state index contributed by atoms with van der Waals surface area (Å²) in [4.78, 5) is 30.1. The maximum absolute atomic E-state index is 13.4. The van der Waals surface area contributed by atoms with E-state index in [4.69, 9.17) is 9.47 Å². The molecule has 2 aliphatic rings. The number of ether oxygens (including phenoxy) is 2. The molecule has 6 heteroatoms. The Kier molecular flexibility index (Phi) is 5.25. The molecule has 4 rings (SSSR count). The van der Waals surface area contributed by atoms with Crippen molar-refractivity contribution in [3.8, 4) is 11.5 Å². The number of methoxy groups -OCH3 is 1. The van der Waals surface area contributed by atoms with Crippen molar-refractivity contribution in [3.63, 3.8) is 0 Å². The largest absolute Gasteiger partial charge is 0.497 e. The molecule has 0 radical (unpaired) electrons. The zero-order chi connectivity index (χ0) is 20.4. The summed E-state index contributed by atoms with van der Waals surface area (Å²) in [7, 11) is 1.60. The third-order valence-electron chi connectivity index (χ3n) is 5.27. The lowest BCUT2D eigenvalue weighted by atomic mass is 10.0. The van der Waals surface area contributed by atoms with E-state index in [9.17, 15) is 9.59 Å². The van der Waals surface area contributed by atoms with Gasteiger partial charge in [0.05, 0.1) is 25.0 Å². The van der Waals surface area contributed by atoms with Crippen LogP contribution in [0.15, 0.2) is 54.2 Å². The lowest BCUT2D eigenvalue weighted by Crippen LogP contribution is -2.34. The van der Waals surface area contributed by atoms with Crippen molar-refractivity contribution in [1.29, 1.82) is 0 Å². The topological polar surface area (TPSA) is 59.1 Å². The Morgan fingerprint density at radius 2 is 1.48 bits per heavy atom. The van der Waals surface area contributed by atoms with Crippen LogP contribution in [0.4, 0.5) is 5.69 Å². The number of anilines is 1. The number of amides is 2. The van der Waals surface area contributed by atoms with Crippen LogP contribution in [0.1, 0.15) is 25.3 Å². The van der Waals surface area contributed by atoms with E-state index in [1.165, 1.54) is 4.90 Å². The van der Waals surface area contributed by atoms with Gasteiger partial charge in [-0.15, -0.1) is 0 Å². The Morgan fingerprint density at radius 3 is 2.07 bits per heavy atom. The van der Waals surface area contributed by atoms with Crippen molar-refractivity contribution in [2.45, 2.75) is 19.8 Å². The summed E-state index contributed by atoms with van der Waals surface area (Å²) >= 11 is 0. The number of benzene rings is 2. The lowest BCUT2D eigenvalue weighted by molar-refractivity contribution is -0.120. The lowest BCUT2D eigenvalue weighted by Gasteiger charge is -2.20. The van der Waals surface area contributed by atoms with Gasteiger partial charge in [-0.1, -0.05) is 12.1 Å². The fraction of sp³-hybridized carbons (Fsp3) is 0.304. The van der Waals surface area contributed by atoms with E-state index in [2.05, 4.69) is 0 Å². The number of hydrogen-bond acceptors (Lipinski definition) is 5. The highest BCUT2D eigenvalue weighted by Gasteiger charge is 2.42. The van der Waals surface area contributed by atoms with E-state index >= 15 is 0 Å². The van der Waals surface area contributed by atoms with E-state index < -0.39 is 0 Å². The summed E-state index contributed by atoms with van der Waals surface area (Å²) < 4.78 is 10.7. The van der Waals surface area contributed by atoms with Crippen LogP contribution in [-0.2, 0) is 9.59 Å². The van der Waals surface area contributed by atoms with Crippen molar-refractivity contribution >= 4 is 23.1 Å². The van der Waals surface area contributed by atoms with Gasteiger partial charge in [0.15, 0.2) is 0 Å². The Morgan fingerprint density at radius 1 is 0.862 bits per heavy atom. The van der Waals surface area contributed by atoms with Gasteiger partial charge in [0.25, 0.3) is 11.8 Å². The van der Waals surface area contributed by atoms with Crippen LogP contribution < -0.4 is 14.4 Å². The Labute approximate surface area is 170 Å². The fourth-order valence-corrected chi connectivity index (χ4v) is 3.86. The predicted molar refractivity (Wildman–Crippen MR) is 111 cm³/mol. The summed E-state index contributed by atoms with van der Waals surface area (Å²) in [6.45, 7) is 4.04. The van der Waals surface area contributed by atoms with Gasteiger partial charge in [-0.3, -0.25) is 9.59 Å². The number of nitrogens with zero attached hydrogens (tertiary/aromatic N) is 2. The first-order valence-electron chi connectivity index (χ1n) is 9.89. The zero-order valence-corrected chi connectivity index (χ0v) is 16.7. The third-order valence-corrected chi connectivity index (χ3v) is 5.27. The molecular formula is C23H24N2O4. The summed E-state index contributed by atoms with van der Waals surface area (Å²) in [6.07, 6.45) is 2.04. The zero-order valence-electron chi connectivity index (χ0n) is 16.7. The molecule has 2 heterocycles. The highest BCUT2D eigenvalue weighted by atomic mass is 16.5. The summed E-state index contributed by atoms with van der Waals surface area (Å²) in [6, 6.07) is 14.3. The number of likely N-dealkylation sites (tertiary alicyclic amines) is 1. The minimum absolute atomic E-state index is 0.271. The smallest absolute Gasteiger partial charge is 0.282 e. The Balaban J connectivity index is 1.74. The second kappa shape index (κ2) is 7.99. The van der Waals surface area contributed by atoms with Crippen molar-refractivity contribution in [2.24, 2.45) is 0 Å². The van der Waals surface area contributed by atoms with Gasteiger partial charge >= 0.3 is 0 Å². The first-order valence-corrected chi connectivity index (χ1v) is 9.89. The second-order valence-corrected chi connectivity index (χ2v) is 7.02. The molecule has 29 heavy (non-hydrogen) atoms.